The lowest BCUT2D eigenvalue weighted by Crippen LogP contribution is -2.14. The molecule has 3 nitrogen and oxygen atoms in total. The molecular formula is C7H13N3S. The van der Waals surface area contributed by atoms with Crippen molar-refractivity contribution < 1.29 is 0 Å². The van der Waals surface area contributed by atoms with E-state index in [-0.39, 0.29) is 0 Å². The number of rotatable bonds is 3. The van der Waals surface area contributed by atoms with Crippen LogP contribution >= 0.6 is 11.3 Å². The number of anilines is 1. The lowest BCUT2D eigenvalue weighted by atomic mass is 10.4. The maximum atomic E-state index is 5.53. The molecule has 0 spiro atoms. The largest absolute Gasteiger partial charge is 0.389 e. The van der Waals surface area contributed by atoms with Crippen molar-refractivity contribution in [3.05, 3.63) is 11.2 Å². The number of likely N-dealkylation sites (N-methyl/N-ethyl adjacent to an activating group) is 1. The Labute approximate surface area is 70.9 Å². The lowest BCUT2D eigenvalue weighted by molar-refractivity contribution is 0.413. The topological polar surface area (TPSA) is 42.2 Å². The molecule has 0 amide bonds. The fraction of sp³-hybridized carbons (Fsp3) is 0.571. The third-order valence-electron chi connectivity index (χ3n) is 1.34. The summed E-state index contributed by atoms with van der Waals surface area (Å²) in [5.41, 5.74) is 5.53. The van der Waals surface area contributed by atoms with Crippen LogP contribution in [0.5, 0.6) is 0 Å². The first-order valence-electron chi connectivity index (χ1n) is 3.53. The molecule has 0 radical (unpaired) electrons. The summed E-state index contributed by atoms with van der Waals surface area (Å²) in [7, 11) is 4.11. The standard InChI is InChI=1S/C7H13N3S/c1-10(2)4-3-7-9-5-6(8)11-7/h5H,3-4,8H2,1-2H3. The summed E-state index contributed by atoms with van der Waals surface area (Å²) in [6.07, 6.45) is 2.71. The monoisotopic (exact) mass is 171 g/mol. The van der Waals surface area contributed by atoms with Crippen molar-refractivity contribution in [3.63, 3.8) is 0 Å². The predicted octanol–water partition coefficient (Wildman–Crippen LogP) is 0.829. The van der Waals surface area contributed by atoms with Gasteiger partial charge in [0.25, 0.3) is 0 Å². The van der Waals surface area contributed by atoms with Crippen molar-refractivity contribution in [1.29, 1.82) is 0 Å². The third-order valence-corrected chi connectivity index (χ3v) is 2.23. The molecule has 2 N–H and O–H groups in total. The summed E-state index contributed by atoms with van der Waals surface area (Å²) in [6.45, 7) is 1.03. The number of thiazole rings is 1. The number of hydrogen-bond acceptors (Lipinski definition) is 4. The van der Waals surface area contributed by atoms with Gasteiger partial charge in [0.2, 0.25) is 0 Å². The molecular weight excluding hydrogens is 158 g/mol. The number of aromatic nitrogens is 1. The van der Waals surface area contributed by atoms with E-state index in [1.165, 1.54) is 0 Å². The van der Waals surface area contributed by atoms with E-state index in [4.69, 9.17) is 5.73 Å². The molecule has 0 aromatic carbocycles. The van der Waals surface area contributed by atoms with Gasteiger partial charge in [-0.1, -0.05) is 0 Å². The van der Waals surface area contributed by atoms with Crippen molar-refractivity contribution in [1.82, 2.24) is 9.88 Å². The Hall–Kier alpha value is -0.610. The van der Waals surface area contributed by atoms with Crippen LogP contribution in [0.4, 0.5) is 5.00 Å². The Kier molecular flexibility index (Phi) is 2.84. The molecule has 0 bridgehead atoms. The first-order chi connectivity index (χ1) is 5.18. The van der Waals surface area contributed by atoms with E-state index in [0.29, 0.717) is 0 Å². The van der Waals surface area contributed by atoms with Crippen molar-refractivity contribution in [2.45, 2.75) is 6.42 Å². The molecule has 1 heterocycles. The molecule has 1 rings (SSSR count). The number of nitrogens with two attached hydrogens (primary N) is 1. The predicted molar refractivity (Wildman–Crippen MR) is 48.8 cm³/mol. The van der Waals surface area contributed by atoms with E-state index in [1.807, 2.05) is 0 Å². The molecule has 0 atom stereocenters. The lowest BCUT2D eigenvalue weighted by Gasteiger charge is -2.06. The van der Waals surface area contributed by atoms with Gasteiger partial charge in [-0.3, -0.25) is 0 Å². The van der Waals surface area contributed by atoms with Gasteiger partial charge in [0.05, 0.1) is 11.2 Å². The van der Waals surface area contributed by atoms with Crippen LogP contribution in [0.1, 0.15) is 5.01 Å². The van der Waals surface area contributed by atoms with Gasteiger partial charge in [-0.05, 0) is 14.1 Å². The number of nitrogens with zero attached hydrogens (tertiary/aromatic N) is 2. The van der Waals surface area contributed by atoms with Gasteiger partial charge >= 0.3 is 0 Å². The summed E-state index contributed by atoms with van der Waals surface area (Å²) in [4.78, 5) is 6.29. The Balaban J connectivity index is 2.39. The molecule has 0 unspecified atom stereocenters. The van der Waals surface area contributed by atoms with Gasteiger partial charge in [0.1, 0.15) is 5.00 Å². The van der Waals surface area contributed by atoms with Crippen LogP contribution in [-0.2, 0) is 6.42 Å². The minimum Gasteiger partial charge on any atom is -0.389 e. The fourth-order valence-electron chi connectivity index (χ4n) is 0.759. The molecule has 0 fully saturated rings. The molecule has 4 heteroatoms. The van der Waals surface area contributed by atoms with Crippen LogP contribution in [-0.4, -0.2) is 30.5 Å². The summed E-state index contributed by atoms with van der Waals surface area (Å²) in [5, 5.41) is 1.93. The fourth-order valence-corrected chi connectivity index (χ4v) is 1.44. The molecule has 1 aromatic heterocycles. The average molecular weight is 171 g/mol. The smallest absolute Gasteiger partial charge is 0.106 e. The molecule has 0 saturated heterocycles. The highest BCUT2D eigenvalue weighted by Crippen LogP contribution is 2.14. The summed E-state index contributed by atoms with van der Waals surface area (Å²) in [6, 6.07) is 0. The number of nitrogen functional groups attached to an aromatic ring is 1. The third kappa shape index (κ3) is 2.86. The normalized spacial score (nSPS) is 10.8. The van der Waals surface area contributed by atoms with Gasteiger partial charge in [-0.25, -0.2) is 4.98 Å². The van der Waals surface area contributed by atoms with Gasteiger partial charge in [-0.15, -0.1) is 11.3 Å². The van der Waals surface area contributed by atoms with E-state index in [0.717, 1.165) is 23.0 Å². The highest BCUT2D eigenvalue weighted by Gasteiger charge is 1.98. The van der Waals surface area contributed by atoms with E-state index in [2.05, 4.69) is 24.0 Å². The Bertz CT molecular complexity index is 219. The summed E-state index contributed by atoms with van der Waals surface area (Å²) >= 11 is 1.57. The second-order valence-corrected chi connectivity index (χ2v) is 3.86. The molecule has 1 aromatic rings. The second kappa shape index (κ2) is 3.69. The summed E-state index contributed by atoms with van der Waals surface area (Å²) < 4.78 is 0. The molecule has 0 aliphatic carbocycles. The molecule has 62 valence electrons. The van der Waals surface area contributed by atoms with Gasteiger partial charge < -0.3 is 10.6 Å². The van der Waals surface area contributed by atoms with Gasteiger partial charge in [0, 0.05) is 13.0 Å². The molecule has 0 aliphatic heterocycles. The van der Waals surface area contributed by atoms with Crippen molar-refractivity contribution in [2.75, 3.05) is 26.4 Å². The minimum absolute atomic E-state index is 0.804. The second-order valence-electron chi connectivity index (χ2n) is 2.71. The SMILES string of the molecule is CN(C)CCc1ncc(N)s1. The zero-order valence-corrected chi connectivity index (χ0v) is 7.69. The van der Waals surface area contributed by atoms with Gasteiger partial charge in [-0.2, -0.15) is 0 Å². The van der Waals surface area contributed by atoms with E-state index >= 15 is 0 Å². The van der Waals surface area contributed by atoms with E-state index < -0.39 is 0 Å². The van der Waals surface area contributed by atoms with Crippen LogP contribution in [0.15, 0.2) is 6.20 Å². The maximum Gasteiger partial charge on any atom is 0.106 e. The molecule has 11 heavy (non-hydrogen) atoms. The van der Waals surface area contributed by atoms with E-state index in [1.54, 1.807) is 17.5 Å². The van der Waals surface area contributed by atoms with E-state index in [9.17, 15) is 0 Å². The van der Waals surface area contributed by atoms with Crippen LogP contribution in [0.25, 0.3) is 0 Å². The maximum absolute atomic E-state index is 5.53. The van der Waals surface area contributed by atoms with Crippen molar-refractivity contribution >= 4 is 16.3 Å². The molecule has 0 saturated carbocycles. The van der Waals surface area contributed by atoms with Gasteiger partial charge in [0.15, 0.2) is 0 Å². The number of hydrogen-bond donors (Lipinski definition) is 1. The Morgan fingerprint density at radius 1 is 1.64 bits per heavy atom. The summed E-state index contributed by atoms with van der Waals surface area (Å²) in [5.74, 6) is 0. The van der Waals surface area contributed by atoms with Crippen molar-refractivity contribution in [3.8, 4) is 0 Å². The minimum atomic E-state index is 0.804. The average Bonchev–Trinajstić information content (AvgIpc) is 2.31. The highest BCUT2D eigenvalue weighted by molar-refractivity contribution is 7.15. The molecule has 0 aliphatic rings. The van der Waals surface area contributed by atoms with Crippen LogP contribution in [0, 0.1) is 0 Å². The first kappa shape index (κ1) is 8.49. The van der Waals surface area contributed by atoms with Crippen molar-refractivity contribution in [2.24, 2.45) is 0 Å². The zero-order chi connectivity index (χ0) is 8.27. The Morgan fingerprint density at radius 3 is 2.82 bits per heavy atom. The highest BCUT2D eigenvalue weighted by atomic mass is 32.1. The van der Waals surface area contributed by atoms with Crippen LogP contribution in [0.3, 0.4) is 0 Å². The quantitative estimate of drug-likeness (QED) is 0.732. The van der Waals surface area contributed by atoms with Crippen LogP contribution in [0.2, 0.25) is 0 Å². The first-order valence-corrected chi connectivity index (χ1v) is 4.35. The zero-order valence-electron chi connectivity index (χ0n) is 6.87. The Morgan fingerprint density at radius 2 is 2.36 bits per heavy atom. The van der Waals surface area contributed by atoms with Crippen LogP contribution < -0.4 is 5.73 Å².